The molecular formula is C21H35N3O4S. The standard InChI is InChI=1S/C21H35N3O4S/c1-6-17(3)24(18(4)7-2)21(25)16-22-12-14-23(15-13-22)29(26,27)20-10-8-19(28-5)9-11-20/h8-11,17-18H,6-7,12-16H2,1-5H3/t17-,18-/m1/s1. The number of hydrogen-bond acceptors (Lipinski definition) is 5. The fourth-order valence-electron chi connectivity index (χ4n) is 3.62. The van der Waals surface area contributed by atoms with Crippen LogP contribution in [0.25, 0.3) is 0 Å². The minimum absolute atomic E-state index is 0.125. The van der Waals surface area contributed by atoms with Crippen LogP contribution in [0.4, 0.5) is 0 Å². The third-order valence-electron chi connectivity index (χ3n) is 5.81. The van der Waals surface area contributed by atoms with Crippen LogP contribution in [-0.4, -0.2) is 80.3 Å². The van der Waals surface area contributed by atoms with E-state index in [2.05, 4.69) is 32.6 Å². The van der Waals surface area contributed by atoms with E-state index in [9.17, 15) is 13.2 Å². The highest BCUT2D eigenvalue weighted by molar-refractivity contribution is 7.89. The molecule has 0 aromatic heterocycles. The lowest BCUT2D eigenvalue weighted by molar-refractivity contribution is -0.137. The average Bonchev–Trinajstić information content (AvgIpc) is 2.73. The molecule has 0 saturated carbocycles. The topological polar surface area (TPSA) is 70.2 Å². The van der Waals surface area contributed by atoms with Gasteiger partial charge in [0.2, 0.25) is 15.9 Å². The number of sulfonamides is 1. The number of carbonyl (C=O) groups is 1. The number of carbonyl (C=O) groups excluding carboxylic acids is 1. The molecule has 29 heavy (non-hydrogen) atoms. The zero-order valence-corrected chi connectivity index (χ0v) is 19.1. The van der Waals surface area contributed by atoms with Gasteiger partial charge >= 0.3 is 0 Å². The number of nitrogens with zero attached hydrogens (tertiary/aromatic N) is 3. The summed E-state index contributed by atoms with van der Waals surface area (Å²) >= 11 is 0. The summed E-state index contributed by atoms with van der Waals surface area (Å²) in [4.78, 5) is 17.2. The Balaban J connectivity index is 1.97. The molecule has 1 aliphatic rings. The van der Waals surface area contributed by atoms with Crippen molar-refractivity contribution in [1.29, 1.82) is 0 Å². The number of ether oxygens (including phenoxy) is 1. The first kappa shape index (κ1) is 23.6. The van der Waals surface area contributed by atoms with E-state index in [1.54, 1.807) is 31.4 Å². The van der Waals surface area contributed by atoms with Crippen LogP contribution in [0.3, 0.4) is 0 Å². The van der Waals surface area contributed by atoms with Crippen molar-refractivity contribution < 1.29 is 17.9 Å². The molecular weight excluding hydrogens is 390 g/mol. The van der Waals surface area contributed by atoms with Crippen molar-refractivity contribution in [2.75, 3.05) is 39.8 Å². The van der Waals surface area contributed by atoms with E-state index in [-0.39, 0.29) is 22.9 Å². The Morgan fingerprint density at radius 2 is 1.55 bits per heavy atom. The zero-order valence-electron chi connectivity index (χ0n) is 18.3. The molecule has 0 unspecified atom stereocenters. The highest BCUT2D eigenvalue weighted by atomic mass is 32.2. The first-order valence-electron chi connectivity index (χ1n) is 10.4. The number of piperazine rings is 1. The van der Waals surface area contributed by atoms with Gasteiger partial charge < -0.3 is 9.64 Å². The van der Waals surface area contributed by atoms with Crippen molar-refractivity contribution in [2.45, 2.75) is 57.5 Å². The second kappa shape index (κ2) is 10.4. The van der Waals surface area contributed by atoms with E-state index in [4.69, 9.17) is 4.74 Å². The van der Waals surface area contributed by atoms with Crippen molar-refractivity contribution in [2.24, 2.45) is 0 Å². The van der Waals surface area contributed by atoms with E-state index in [1.165, 1.54) is 4.31 Å². The molecule has 7 nitrogen and oxygen atoms in total. The summed E-state index contributed by atoms with van der Waals surface area (Å²) in [6.45, 7) is 10.6. The molecule has 1 amide bonds. The van der Waals surface area contributed by atoms with Gasteiger partial charge in [-0.3, -0.25) is 9.69 Å². The molecule has 0 radical (unpaired) electrons. The summed E-state index contributed by atoms with van der Waals surface area (Å²) in [5.74, 6) is 0.750. The third-order valence-corrected chi connectivity index (χ3v) is 7.72. The fraction of sp³-hybridized carbons (Fsp3) is 0.667. The minimum Gasteiger partial charge on any atom is -0.497 e. The van der Waals surface area contributed by atoms with Crippen molar-refractivity contribution >= 4 is 15.9 Å². The summed E-state index contributed by atoms with van der Waals surface area (Å²) in [5.41, 5.74) is 0. The molecule has 0 bridgehead atoms. The van der Waals surface area contributed by atoms with Crippen LogP contribution in [0, 0.1) is 0 Å². The summed E-state index contributed by atoms with van der Waals surface area (Å²) in [6, 6.07) is 6.85. The molecule has 0 spiro atoms. The molecule has 164 valence electrons. The van der Waals surface area contributed by atoms with Crippen LogP contribution in [0.15, 0.2) is 29.2 Å². The number of amides is 1. The molecule has 2 rings (SSSR count). The van der Waals surface area contributed by atoms with Crippen LogP contribution < -0.4 is 4.74 Å². The molecule has 8 heteroatoms. The lowest BCUT2D eigenvalue weighted by Crippen LogP contribution is -2.53. The van der Waals surface area contributed by atoms with E-state index in [0.29, 0.717) is 38.5 Å². The lowest BCUT2D eigenvalue weighted by atomic mass is 10.1. The van der Waals surface area contributed by atoms with Gasteiger partial charge in [-0.2, -0.15) is 4.31 Å². The van der Waals surface area contributed by atoms with Crippen LogP contribution in [0.1, 0.15) is 40.5 Å². The second-order valence-electron chi connectivity index (χ2n) is 7.67. The van der Waals surface area contributed by atoms with Crippen LogP contribution in [0.5, 0.6) is 5.75 Å². The maximum Gasteiger partial charge on any atom is 0.243 e. The van der Waals surface area contributed by atoms with Crippen molar-refractivity contribution in [1.82, 2.24) is 14.1 Å². The van der Waals surface area contributed by atoms with Crippen LogP contribution in [0.2, 0.25) is 0 Å². The smallest absolute Gasteiger partial charge is 0.243 e. The van der Waals surface area contributed by atoms with Gasteiger partial charge in [-0.15, -0.1) is 0 Å². The van der Waals surface area contributed by atoms with Gasteiger partial charge in [-0.05, 0) is 51.0 Å². The van der Waals surface area contributed by atoms with Gasteiger partial charge in [0.05, 0.1) is 18.6 Å². The minimum atomic E-state index is -3.53. The second-order valence-corrected chi connectivity index (χ2v) is 9.61. The van der Waals surface area contributed by atoms with Crippen LogP contribution >= 0.6 is 0 Å². The normalized spacial score (nSPS) is 18.2. The van der Waals surface area contributed by atoms with E-state index >= 15 is 0 Å². The summed E-state index contributed by atoms with van der Waals surface area (Å²) in [6.07, 6.45) is 1.84. The zero-order chi connectivity index (χ0) is 21.6. The van der Waals surface area contributed by atoms with Gasteiger partial charge in [-0.25, -0.2) is 8.42 Å². The molecule has 0 N–H and O–H groups in total. The number of rotatable bonds is 9. The summed E-state index contributed by atoms with van der Waals surface area (Å²) in [7, 11) is -1.98. The number of hydrogen-bond donors (Lipinski definition) is 0. The van der Waals surface area contributed by atoms with E-state index in [1.807, 2.05) is 4.90 Å². The Hall–Kier alpha value is -1.64. The average molecular weight is 426 g/mol. The SMILES string of the molecule is CC[C@@H](C)N(C(=O)CN1CCN(S(=O)(=O)c2ccc(OC)cc2)CC1)[C@H](C)CC. The van der Waals surface area contributed by atoms with Gasteiger partial charge in [-0.1, -0.05) is 13.8 Å². The first-order chi connectivity index (χ1) is 13.7. The van der Waals surface area contributed by atoms with E-state index < -0.39 is 10.0 Å². The van der Waals surface area contributed by atoms with Crippen LogP contribution in [-0.2, 0) is 14.8 Å². The van der Waals surface area contributed by atoms with Gasteiger partial charge in [0.25, 0.3) is 0 Å². The maximum atomic E-state index is 12.9. The molecule has 0 aliphatic carbocycles. The first-order valence-corrected chi connectivity index (χ1v) is 11.9. The Morgan fingerprint density at radius 1 is 1.03 bits per heavy atom. The molecule has 1 fully saturated rings. The maximum absolute atomic E-state index is 12.9. The highest BCUT2D eigenvalue weighted by Gasteiger charge is 2.31. The van der Waals surface area contributed by atoms with Gasteiger partial charge in [0.1, 0.15) is 5.75 Å². The lowest BCUT2D eigenvalue weighted by Gasteiger charge is -2.38. The summed E-state index contributed by atoms with van der Waals surface area (Å²) < 4.78 is 32.3. The number of benzene rings is 1. The predicted octanol–water partition coefficient (Wildman–Crippen LogP) is 2.43. The van der Waals surface area contributed by atoms with Crippen molar-refractivity contribution in [3.05, 3.63) is 24.3 Å². The van der Waals surface area contributed by atoms with Gasteiger partial charge in [0, 0.05) is 38.3 Å². The highest BCUT2D eigenvalue weighted by Crippen LogP contribution is 2.21. The van der Waals surface area contributed by atoms with Crippen molar-refractivity contribution in [3.8, 4) is 5.75 Å². The summed E-state index contributed by atoms with van der Waals surface area (Å²) in [5, 5.41) is 0. The molecule has 1 aromatic carbocycles. The fourth-order valence-corrected chi connectivity index (χ4v) is 5.04. The monoisotopic (exact) mass is 425 g/mol. The largest absolute Gasteiger partial charge is 0.497 e. The van der Waals surface area contributed by atoms with Crippen molar-refractivity contribution in [3.63, 3.8) is 0 Å². The Morgan fingerprint density at radius 3 is 2.00 bits per heavy atom. The predicted molar refractivity (Wildman–Crippen MR) is 115 cm³/mol. The Bertz CT molecular complexity index is 749. The third kappa shape index (κ3) is 5.71. The molecule has 1 aliphatic heterocycles. The van der Waals surface area contributed by atoms with Gasteiger partial charge in [0.15, 0.2) is 0 Å². The number of methoxy groups -OCH3 is 1. The molecule has 1 saturated heterocycles. The molecule has 1 heterocycles. The Labute approximate surface area is 175 Å². The van der Waals surface area contributed by atoms with E-state index in [0.717, 1.165) is 12.8 Å². The quantitative estimate of drug-likeness (QED) is 0.608. The molecule has 2 atom stereocenters. The Kier molecular flexibility index (Phi) is 8.48. The molecule has 1 aromatic rings.